The van der Waals surface area contributed by atoms with E-state index in [1.807, 2.05) is 50.3 Å². The summed E-state index contributed by atoms with van der Waals surface area (Å²) in [7, 11) is 0. The van der Waals surface area contributed by atoms with Gasteiger partial charge in [-0.1, -0.05) is 62.4 Å². The number of rotatable bonds is 9. The molecule has 122 valence electrons. The second-order valence-electron chi connectivity index (χ2n) is 4.39. The van der Waals surface area contributed by atoms with Gasteiger partial charge in [0, 0.05) is 0 Å². The summed E-state index contributed by atoms with van der Waals surface area (Å²) in [6, 6.07) is 9.76. The highest BCUT2D eigenvalue weighted by Crippen LogP contribution is 2.31. The van der Waals surface area contributed by atoms with Gasteiger partial charge in [0.15, 0.2) is 5.78 Å². The molecule has 0 aliphatic rings. The number of ketones is 1. The fraction of sp³-hybridized carbons (Fsp3) is 0.222. The maximum atomic E-state index is 12.3. The number of thioether (sulfide) groups is 2. The van der Waals surface area contributed by atoms with Crippen molar-refractivity contribution in [3.05, 3.63) is 63.9 Å². The first-order chi connectivity index (χ1) is 11.1. The second kappa shape index (κ2) is 10.9. The normalized spacial score (nSPS) is 11.0. The molecule has 0 atom stereocenters. The average molecular weight is 348 g/mol. The highest BCUT2D eigenvalue weighted by atomic mass is 32.2. The number of nitrogens with two attached hydrogens (primary N) is 1. The van der Waals surface area contributed by atoms with Crippen molar-refractivity contribution in [3.63, 3.8) is 0 Å². The lowest BCUT2D eigenvalue weighted by Gasteiger charge is -2.08. The number of primary amides is 1. The topological polar surface area (TPSA) is 60.2 Å². The number of carbonyl (C=O) groups excluding carboxylic acids is 2. The number of amides is 1. The Morgan fingerprint density at radius 3 is 2.17 bits per heavy atom. The minimum atomic E-state index is -0.677. The maximum absolute atomic E-state index is 12.3. The quantitative estimate of drug-likeness (QED) is 0.317. The minimum Gasteiger partial charge on any atom is -0.365 e. The summed E-state index contributed by atoms with van der Waals surface area (Å²) in [4.78, 5) is 23.9. The number of hydrogen-bond acceptors (Lipinski definition) is 4. The van der Waals surface area contributed by atoms with Crippen molar-refractivity contribution in [1.29, 1.82) is 0 Å². The van der Waals surface area contributed by atoms with Crippen LogP contribution in [0.1, 0.15) is 19.4 Å². The zero-order valence-corrected chi connectivity index (χ0v) is 15.0. The lowest BCUT2D eigenvalue weighted by Crippen LogP contribution is -2.20. The zero-order chi connectivity index (χ0) is 17.1. The molecule has 0 fully saturated rings. The van der Waals surface area contributed by atoms with Crippen LogP contribution in [0.4, 0.5) is 0 Å². The van der Waals surface area contributed by atoms with Gasteiger partial charge in [-0.15, -0.1) is 23.5 Å². The van der Waals surface area contributed by atoms with E-state index in [9.17, 15) is 9.59 Å². The average Bonchev–Trinajstić information content (AvgIpc) is 2.53. The second-order valence-corrected chi connectivity index (χ2v) is 7.19. The number of allylic oxidation sites excluding steroid dienone is 3. The Kier molecular flexibility index (Phi) is 9.17. The van der Waals surface area contributed by atoms with Crippen LogP contribution in [-0.2, 0) is 9.59 Å². The van der Waals surface area contributed by atoms with Gasteiger partial charge in [-0.3, -0.25) is 9.59 Å². The van der Waals surface area contributed by atoms with Crippen molar-refractivity contribution in [1.82, 2.24) is 0 Å². The van der Waals surface area contributed by atoms with Crippen LogP contribution in [0, 0.1) is 0 Å². The molecular weight excluding hydrogens is 326 g/mol. The van der Waals surface area contributed by atoms with Crippen molar-refractivity contribution in [3.8, 4) is 0 Å². The van der Waals surface area contributed by atoms with E-state index in [4.69, 9.17) is 5.73 Å². The lowest BCUT2D eigenvalue weighted by molar-refractivity contribution is -0.118. The van der Waals surface area contributed by atoms with E-state index in [-0.39, 0.29) is 11.4 Å². The fourth-order valence-electron chi connectivity index (χ4n) is 1.73. The third kappa shape index (κ3) is 6.93. The summed E-state index contributed by atoms with van der Waals surface area (Å²) in [5, 5.41) is 0. The largest absolute Gasteiger partial charge is 0.365 e. The van der Waals surface area contributed by atoms with E-state index < -0.39 is 5.91 Å². The van der Waals surface area contributed by atoms with E-state index in [0.29, 0.717) is 4.24 Å². The molecule has 1 aromatic rings. The number of carbonyl (C=O) groups is 2. The van der Waals surface area contributed by atoms with Crippen LogP contribution in [0.5, 0.6) is 0 Å². The van der Waals surface area contributed by atoms with Crippen molar-refractivity contribution < 1.29 is 9.59 Å². The first-order valence-corrected chi connectivity index (χ1v) is 9.31. The Bertz CT molecular complexity index is 611. The van der Waals surface area contributed by atoms with Gasteiger partial charge >= 0.3 is 0 Å². The predicted octanol–water partition coefficient (Wildman–Crippen LogP) is 4.03. The van der Waals surface area contributed by atoms with Crippen LogP contribution in [0.25, 0.3) is 6.08 Å². The van der Waals surface area contributed by atoms with Gasteiger partial charge in [-0.25, -0.2) is 0 Å². The van der Waals surface area contributed by atoms with Crippen LogP contribution < -0.4 is 5.73 Å². The van der Waals surface area contributed by atoms with Crippen molar-refractivity contribution in [2.75, 3.05) is 11.5 Å². The molecule has 0 radical (unpaired) electrons. The highest BCUT2D eigenvalue weighted by molar-refractivity contribution is 8.22. The molecule has 2 N–H and O–H groups in total. The molecule has 0 bridgehead atoms. The molecule has 5 heteroatoms. The molecule has 23 heavy (non-hydrogen) atoms. The standard InChI is InChI=1S/C18H21NO2S2/c1-3-22-18(23-4-2)16(17(19)21)15(20)13-9-8-12-14-10-6-5-7-11-14/h5-13H,3-4H2,1-2H3,(H2,19,21)/b12-8+,13-9+. The molecule has 0 unspecified atom stereocenters. The van der Waals surface area contributed by atoms with Gasteiger partial charge in [-0.2, -0.15) is 0 Å². The van der Waals surface area contributed by atoms with Crippen molar-refractivity contribution in [2.24, 2.45) is 5.73 Å². The maximum Gasteiger partial charge on any atom is 0.254 e. The minimum absolute atomic E-state index is 0.0769. The summed E-state index contributed by atoms with van der Waals surface area (Å²) in [6.07, 6.45) is 6.67. The van der Waals surface area contributed by atoms with E-state index in [0.717, 1.165) is 17.1 Å². The van der Waals surface area contributed by atoms with Gasteiger partial charge in [0.05, 0.1) is 4.24 Å². The van der Waals surface area contributed by atoms with Crippen molar-refractivity contribution >= 4 is 41.3 Å². The molecule has 0 aliphatic heterocycles. The van der Waals surface area contributed by atoms with E-state index >= 15 is 0 Å². The van der Waals surface area contributed by atoms with E-state index in [1.54, 1.807) is 12.2 Å². The van der Waals surface area contributed by atoms with Gasteiger partial charge in [0.25, 0.3) is 5.91 Å². The molecule has 1 rings (SSSR count). The van der Waals surface area contributed by atoms with Crippen LogP contribution in [0.2, 0.25) is 0 Å². The molecule has 1 amide bonds. The SMILES string of the molecule is CCSC(SCC)=C(C(N)=O)C(=O)/C=C/C=C/c1ccccc1. The van der Waals surface area contributed by atoms with E-state index in [2.05, 4.69) is 0 Å². The Hall–Kier alpha value is -1.72. The Balaban J connectivity index is 2.89. The van der Waals surface area contributed by atoms with Gasteiger partial charge in [0.2, 0.25) is 0 Å². The van der Waals surface area contributed by atoms with Crippen molar-refractivity contribution in [2.45, 2.75) is 13.8 Å². The molecule has 1 aromatic carbocycles. The lowest BCUT2D eigenvalue weighted by atomic mass is 10.1. The van der Waals surface area contributed by atoms with Crippen LogP contribution >= 0.6 is 23.5 Å². The molecule has 3 nitrogen and oxygen atoms in total. The van der Waals surface area contributed by atoms with Crippen LogP contribution in [0.3, 0.4) is 0 Å². The smallest absolute Gasteiger partial charge is 0.254 e. The summed E-state index contributed by atoms with van der Waals surface area (Å²) in [5.74, 6) is 0.532. The third-order valence-corrected chi connectivity index (χ3v) is 4.91. The van der Waals surface area contributed by atoms with Gasteiger partial charge < -0.3 is 5.73 Å². The molecule has 0 spiro atoms. The molecule has 0 saturated heterocycles. The first kappa shape index (κ1) is 19.3. The molecule has 0 heterocycles. The van der Waals surface area contributed by atoms with Crippen LogP contribution in [-0.4, -0.2) is 23.2 Å². The van der Waals surface area contributed by atoms with E-state index in [1.165, 1.54) is 29.6 Å². The Morgan fingerprint density at radius 1 is 1.04 bits per heavy atom. The summed E-state index contributed by atoms with van der Waals surface area (Å²) in [5.41, 5.74) is 6.52. The fourth-order valence-corrected chi connectivity index (χ4v) is 3.98. The molecular formula is C18H21NO2S2. The van der Waals surface area contributed by atoms with Gasteiger partial charge in [0.1, 0.15) is 5.57 Å². The highest BCUT2D eigenvalue weighted by Gasteiger charge is 2.19. The first-order valence-electron chi connectivity index (χ1n) is 7.33. The van der Waals surface area contributed by atoms with Gasteiger partial charge in [-0.05, 0) is 23.1 Å². The molecule has 0 saturated carbocycles. The number of hydrogen-bond donors (Lipinski definition) is 1. The molecule has 0 aliphatic carbocycles. The Labute approximate surface area is 146 Å². The summed E-state index contributed by atoms with van der Waals surface area (Å²) >= 11 is 2.94. The van der Waals surface area contributed by atoms with Crippen LogP contribution in [0.15, 0.2) is 58.4 Å². The molecule has 0 aromatic heterocycles. The monoisotopic (exact) mass is 347 g/mol. The summed E-state index contributed by atoms with van der Waals surface area (Å²) in [6.45, 7) is 3.95. The predicted molar refractivity (Wildman–Crippen MR) is 102 cm³/mol. The number of benzene rings is 1. The third-order valence-electron chi connectivity index (χ3n) is 2.69. The summed E-state index contributed by atoms with van der Waals surface area (Å²) < 4.78 is 0.698. The Morgan fingerprint density at radius 2 is 1.65 bits per heavy atom. The zero-order valence-electron chi connectivity index (χ0n) is 13.3.